The van der Waals surface area contributed by atoms with Crippen LogP contribution in [0.4, 0.5) is 0 Å². The van der Waals surface area contributed by atoms with E-state index in [0.717, 1.165) is 0 Å². The molecule has 3 N–H and O–H groups in total. The molecule has 0 radical (unpaired) electrons. The Morgan fingerprint density at radius 2 is 1.12 bits per heavy atom. The highest BCUT2D eigenvalue weighted by Crippen LogP contribution is 2.13. The Balaban J connectivity index is 4.02. The van der Waals surface area contributed by atoms with Crippen molar-refractivity contribution < 1.29 is 20.6 Å². The molecule has 0 amide bonds. The van der Waals surface area contributed by atoms with Crippen LogP contribution in [0, 0.1) is 0 Å². The van der Waals surface area contributed by atoms with Crippen LogP contribution in [0.25, 0.3) is 0 Å². The molecule has 0 aromatic rings. The van der Waals surface area contributed by atoms with E-state index in [0.29, 0.717) is 0 Å². The van der Waals surface area contributed by atoms with Crippen molar-refractivity contribution in [1.29, 1.82) is 0 Å². The van der Waals surface area contributed by atoms with Gasteiger partial charge in [0.1, 0.15) is 0 Å². The van der Waals surface area contributed by atoms with Gasteiger partial charge in [-0.05, 0) is 20.8 Å². The molecule has 0 aliphatic carbocycles. The van der Waals surface area contributed by atoms with Gasteiger partial charge in [-0.15, -0.1) is 15.6 Å². The van der Waals surface area contributed by atoms with Crippen molar-refractivity contribution in [2.45, 2.75) is 26.3 Å². The molecule has 0 aliphatic heterocycles. The quantitative estimate of drug-likeness (QED) is 0.328. The zero-order valence-electron chi connectivity index (χ0n) is 5.29. The van der Waals surface area contributed by atoms with Crippen molar-refractivity contribution >= 4 is 0 Å². The van der Waals surface area contributed by atoms with Gasteiger partial charge in [-0.25, -0.2) is 0 Å². The smallest absolute Gasteiger partial charge is 0.146 e. The minimum Gasteiger partial charge on any atom is -0.146 e. The zero-order valence-corrected chi connectivity index (χ0v) is 5.29. The Morgan fingerprint density at radius 3 is 1.12 bits per heavy atom. The lowest BCUT2D eigenvalue weighted by molar-refractivity contribution is -1.39. The second kappa shape index (κ2) is 1.66. The fraction of sp³-hybridized carbons (Fsp3) is 1.00. The summed E-state index contributed by atoms with van der Waals surface area (Å²) < 4.78 is 0. The molecule has 0 heterocycles. The molecule has 0 rings (SSSR count). The summed E-state index contributed by atoms with van der Waals surface area (Å²) in [5.74, 6) is 0. The summed E-state index contributed by atoms with van der Waals surface area (Å²) in [5.41, 5.74) is -0.958. The maximum absolute atomic E-state index is 8.40. The molecule has 0 aromatic heterocycles. The highest BCUT2D eigenvalue weighted by Gasteiger charge is 2.37. The molecule has 0 bridgehead atoms. The van der Waals surface area contributed by atoms with Crippen LogP contribution in [0.2, 0.25) is 0 Å². The Labute approximate surface area is 48.0 Å². The van der Waals surface area contributed by atoms with Crippen LogP contribution in [0.1, 0.15) is 20.8 Å². The molecule has 4 heteroatoms. The number of nitrogens with zero attached hydrogens (tertiary/aromatic N) is 1. The van der Waals surface area contributed by atoms with Gasteiger partial charge < -0.3 is 0 Å². The molecular formula is C4H12NO3+. The van der Waals surface area contributed by atoms with Crippen molar-refractivity contribution in [3.63, 3.8) is 0 Å². The molecule has 0 saturated heterocycles. The van der Waals surface area contributed by atoms with Gasteiger partial charge in [0.05, 0.1) is 4.97 Å². The van der Waals surface area contributed by atoms with E-state index >= 15 is 0 Å². The third-order valence-electron chi connectivity index (χ3n) is 0.900. The zero-order chi connectivity index (χ0) is 7.00. The Bertz CT molecular complexity index is 66.3. The molecule has 0 saturated carbocycles. The van der Waals surface area contributed by atoms with Crippen molar-refractivity contribution in [2.75, 3.05) is 0 Å². The first-order chi connectivity index (χ1) is 3.25. The topological polar surface area (TPSA) is 60.7 Å². The van der Waals surface area contributed by atoms with Gasteiger partial charge >= 0.3 is 0 Å². The SMILES string of the molecule is CC(C)(C)[N+](O)(O)O. The Hall–Kier alpha value is -0.160. The van der Waals surface area contributed by atoms with Gasteiger partial charge in [0, 0.05) is 0 Å². The first-order valence-electron chi connectivity index (χ1n) is 2.32. The largest absolute Gasteiger partial charge is 0.188 e. The molecule has 0 aliphatic rings. The second-order valence-electron chi connectivity index (χ2n) is 2.74. The summed E-state index contributed by atoms with van der Waals surface area (Å²) in [6, 6.07) is 0. The average molecular weight is 122 g/mol. The first kappa shape index (κ1) is 7.84. The first-order valence-corrected chi connectivity index (χ1v) is 2.32. The van der Waals surface area contributed by atoms with Crippen molar-refractivity contribution in [2.24, 2.45) is 0 Å². The van der Waals surface area contributed by atoms with E-state index in [1.54, 1.807) is 0 Å². The van der Waals surface area contributed by atoms with E-state index in [9.17, 15) is 0 Å². The summed E-state index contributed by atoms with van der Waals surface area (Å²) in [4.78, 5) is -1.98. The lowest BCUT2D eigenvalue weighted by Gasteiger charge is -2.25. The van der Waals surface area contributed by atoms with Crippen molar-refractivity contribution in [3.05, 3.63) is 0 Å². The van der Waals surface area contributed by atoms with E-state index in [4.69, 9.17) is 15.6 Å². The van der Waals surface area contributed by atoms with Gasteiger partial charge in [0.2, 0.25) is 0 Å². The summed E-state index contributed by atoms with van der Waals surface area (Å²) in [6.45, 7) is 4.48. The van der Waals surface area contributed by atoms with Crippen LogP contribution in [0.5, 0.6) is 0 Å². The lowest BCUT2D eigenvalue weighted by Crippen LogP contribution is -2.52. The number of hydrogen-bond donors (Lipinski definition) is 3. The molecule has 4 nitrogen and oxygen atoms in total. The van der Waals surface area contributed by atoms with E-state index in [1.165, 1.54) is 20.8 Å². The highest BCUT2D eigenvalue weighted by molar-refractivity contribution is 4.52. The van der Waals surface area contributed by atoms with E-state index < -0.39 is 10.5 Å². The minimum absolute atomic E-state index is 0.958. The normalized spacial score (nSPS) is 14.2. The number of hydroxylamine groups is 3. The Morgan fingerprint density at radius 1 is 1.00 bits per heavy atom. The standard InChI is InChI=1S/C4H12NO3/c1-4(2,3)5(6,7)8/h6-8H,1-3H3/q+1. The lowest BCUT2D eigenvalue weighted by atomic mass is 10.1. The number of quaternary nitrogens is 1. The van der Waals surface area contributed by atoms with Gasteiger partial charge in [-0.3, -0.25) is 0 Å². The predicted molar refractivity (Wildman–Crippen MR) is 25.4 cm³/mol. The van der Waals surface area contributed by atoms with Crippen LogP contribution >= 0.6 is 0 Å². The predicted octanol–water partition coefficient (Wildman–Crippen LogP) is 0.769. The van der Waals surface area contributed by atoms with Crippen LogP contribution < -0.4 is 0 Å². The van der Waals surface area contributed by atoms with E-state index in [2.05, 4.69) is 0 Å². The van der Waals surface area contributed by atoms with Gasteiger partial charge in [-0.1, -0.05) is 0 Å². The van der Waals surface area contributed by atoms with Crippen molar-refractivity contribution in [1.82, 2.24) is 0 Å². The van der Waals surface area contributed by atoms with Crippen LogP contribution in [-0.2, 0) is 0 Å². The van der Waals surface area contributed by atoms with Crippen LogP contribution in [0.3, 0.4) is 0 Å². The average Bonchev–Trinajstić information content (AvgIpc) is 1.25. The third-order valence-corrected chi connectivity index (χ3v) is 0.900. The number of hydrogen-bond acceptors (Lipinski definition) is 3. The Kier molecular flexibility index (Phi) is 1.63. The van der Waals surface area contributed by atoms with Gasteiger partial charge in [0.25, 0.3) is 0 Å². The molecule has 0 spiro atoms. The van der Waals surface area contributed by atoms with Gasteiger partial charge in [-0.2, -0.15) is 0 Å². The molecule has 8 heavy (non-hydrogen) atoms. The summed E-state index contributed by atoms with van der Waals surface area (Å²) in [6.07, 6.45) is 0. The van der Waals surface area contributed by atoms with Crippen LogP contribution in [0.15, 0.2) is 0 Å². The second-order valence-corrected chi connectivity index (χ2v) is 2.74. The molecule has 50 valence electrons. The molecular weight excluding hydrogens is 110 g/mol. The maximum Gasteiger partial charge on any atom is 0.188 e. The molecule has 0 fully saturated rings. The summed E-state index contributed by atoms with van der Waals surface area (Å²) >= 11 is 0. The maximum atomic E-state index is 8.40. The fourth-order valence-corrected chi connectivity index (χ4v) is 0. The van der Waals surface area contributed by atoms with E-state index in [1.807, 2.05) is 0 Å². The summed E-state index contributed by atoms with van der Waals surface area (Å²) in [7, 11) is 0. The molecule has 0 aromatic carbocycles. The monoisotopic (exact) mass is 122 g/mol. The highest BCUT2D eigenvalue weighted by atomic mass is 17.1. The number of rotatable bonds is 0. The summed E-state index contributed by atoms with van der Waals surface area (Å²) in [5, 5.41) is 25.2. The van der Waals surface area contributed by atoms with Gasteiger partial charge in [0.15, 0.2) is 5.54 Å². The molecule has 0 unspecified atom stereocenters. The van der Waals surface area contributed by atoms with Crippen molar-refractivity contribution in [3.8, 4) is 0 Å². The fourth-order valence-electron chi connectivity index (χ4n) is 0. The molecule has 0 atom stereocenters. The third kappa shape index (κ3) is 1.75. The van der Waals surface area contributed by atoms with E-state index in [-0.39, 0.29) is 0 Å². The van der Waals surface area contributed by atoms with Crippen LogP contribution in [-0.4, -0.2) is 26.1 Å². The minimum atomic E-state index is -1.98.